The van der Waals surface area contributed by atoms with E-state index in [1.54, 1.807) is 0 Å². The van der Waals surface area contributed by atoms with E-state index in [0.717, 1.165) is 44.1 Å². The molecule has 4 heteroatoms. The minimum absolute atomic E-state index is 0.639. The lowest BCUT2D eigenvalue weighted by atomic mass is 9.83. The molecule has 1 aliphatic rings. The highest BCUT2D eigenvalue weighted by molar-refractivity contribution is 6.21. The van der Waals surface area contributed by atoms with Crippen LogP contribution in [0.2, 0.25) is 0 Å². The molecule has 0 saturated carbocycles. The Hall–Kier alpha value is -8.21. The molecule has 2 heterocycles. The summed E-state index contributed by atoms with van der Waals surface area (Å²) in [6.45, 7) is 0. The van der Waals surface area contributed by atoms with Crippen molar-refractivity contribution < 1.29 is 0 Å². The van der Waals surface area contributed by atoms with Gasteiger partial charge >= 0.3 is 0 Å². The largest absolute Gasteiger partial charge is 0.309 e. The Kier molecular flexibility index (Phi) is 8.13. The molecule has 0 N–H and O–H groups in total. The predicted molar refractivity (Wildman–Crippen MR) is 253 cm³/mol. The molecule has 4 nitrogen and oxygen atoms in total. The molecule has 11 aromatic rings. The summed E-state index contributed by atoms with van der Waals surface area (Å²) in [5, 5.41) is 6.97. The van der Waals surface area contributed by atoms with Crippen LogP contribution in [0.5, 0.6) is 0 Å². The third-order valence-electron chi connectivity index (χ3n) is 12.0. The second-order valence-corrected chi connectivity index (χ2v) is 15.5. The van der Waals surface area contributed by atoms with E-state index in [0.29, 0.717) is 17.5 Å². The Bertz CT molecular complexity index is 3470. The highest BCUT2D eigenvalue weighted by Crippen LogP contribution is 2.55. The van der Waals surface area contributed by atoms with Gasteiger partial charge in [-0.05, 0) is 91.1 Å². The number of rotatable bonds is 6. The predicted octanol–water partition coefficient (Wildman–Crippen LogP) is 15.1. The van der Waals surface area contributed by atoms with E-state index in [2.05, 4.69) is 205 Å². The Morgan fingerprint density at radius 2 is 0.852 bits per heavy atom. The summed E-state index contributed by atoms with van der Waals surface area (Å²) in [7, 11) is 0. The summed E-state index contributed by atoms with van der Waals surface area (Å²) in [6.07, 6.45) is 0. The highest BCUT2D eigenvalue weighted by atomic mass is 15.2. The average molecular weight is 777 g/mol. The standard InChI is InChI=1S/C57H36N4/c1-4-17-38(18-5-1)43-26-15-29-51-53(43)50-28-14-27-48-47(34-35-52(54(48)50)61(51)42-22-8-3-9-23-42)46-32-33-49(45-25-13-12-24-44(45)46)57-59-55(39-19-6-2-7-20-39)58-56(60-57)41-31-30-37-16-10-11-21-40(37)36-41/h1-36H. The van der Waals surface area contributed by atoms with Gasteiger partial charge in [-0.15, -0.1) is 0 Å². The number of hydrogen-bond acceptors (Lipinski definition) is 4. The molecule has 0 atom stereocenters. The lowest BCUT2D eigenvalue weighted by Gasteiger charge is -2.35. The van der Waals surface area contributed by atoms with E-state index in [4.69, 9.17) is 15.0 Å². The van der Waals surface area contributed by atoms with Crippen molar-refractivity contribution in [3.8, 4) is 67.5 Å². The number of para-hydroxylation sites is 1. The number of benzene rings is 10. The van der Waals surface area contributed by atoms with Crippen molar-refractivity contribution >= 4 is 49.4 Å². The van der Waals surface area contributed by atoms with Crippen molar-refractivity contribution in [2.24, 2.45) is 0 Å². The van der Waals surface area contributed by atoms with Crippen LogP contribution in [0.25, 0.3) is 99.9 Å². The van der Waals surface area contributed by atoms with E-state index < -0.39 is 0 Å². The number of fused-ring (bicyclic) bond motifs is 4. The van der Waals surface area contributed by atoms with Crippen molar-refractivity contribution in [3.05, 3.63) is 218 Å². The summed E-state index contributed by atoms with van der Waals surface area (Å²) in [5.41, 5.74) is 13.5. The van der Waals surface area contributed by atoms with Crippen LogP contribution >= 0.6 is 0 Å². The van der Waals surface area contributed by atoms with Gasteiger partial charge in [0, 0.05) is 33.3 Å². The van der Waals surface area contributed by atoms with Gasteiger partial charge in [0.2, 0.25) is 0 Å². The first kappa shape index (κ1) is 34.8. The molecule has 1 aliphatic heterocycles. The monoisotopic (exact) mass is 776 g/mol. The third-order valence-corrected chi connectivity index (χ3v) is 12.0. The van der Waals surface area contributed by atoms with E-state index in [1.807, 2.05) is 18.2 Å². The van der Waals surface area contributed by atoms with Gasteiger partial charge in [-0.25, -0.2) is 15.0 Å². The van der Waals surface area contributed by atoms with Crippen molar-refractivity contribution in [2.75, 3.05) is 4.90 Å². The summed E-state index contributed by atoms with van der Waals surface area (Å²) in [4.78, 5) is 17.9. The molecule has 0 fully saturated rings. The highest BCUT2D eigenvalue weighted by Gasteiger charge is 2.29. The summed E-state index contributed by atoms with van der Waals surface area (Å²) >= 11 is 0. The lowest BCUT2D eigenvalue weighted by Crippen LogP contribution is -2.15. The minimum Gasteiger partial charge on any atom is -0.309 e. The fraction of sp³-hybridized carbons (Fsp3) is 0. The molecule has 0 amide bonds. The van der Waals surface area contributed by atoms with Gasteiger partial charge in [0.05, 0.1) is 11.4 Å². The molecule has 1 aromatic heterocycles. The number of anilines is 3. The molecule has 10 aromatic carbocycles. The van der Waals surface area contributed by atoms with Gasteiger partial charge in [-0.2, -0.15) is 0 Å². The molecule has 0 bridgehead atoms. The first-order valence-corrected chi connectivity index (χ1v) is 20.7. The van der Waals surface area contributed by atoms with E-state index in [1.165, 1.54) is 55.4 Å². The average Bonchev–Trinajstić information content (AvgIpc) is 3.34. The van der Waals surface area contributed by atoms with Crippen LogP contribution < -0.4 is 4.90 Å². The lowest BCUT2D eigenvalue weighted by molar-refractivity contribution is 1.08. The zero-order valence-corrected chi connectivity index (χ0v) is 33.1. The maximum atomic E-state index is 5.21. The topological polar surface area (TPSA) is 41.9 Å². The molecular formula is C57H36N4. The van der Waals surface area contributed by atoms with Gasteiger partial charge in [0.1, 0.15) is 0 Å². The molecule has 0 spiro atoms. The van der Waals surface area contributed by atoms with Crippen LogP contribution in [0.3, 0.4) is 0 Å². The van der Waals surface area contributed by atoms with E-state index >= 15 is 0 Å². The van der Waals surface area contributed by atoms with Crippen LogP contribution in [-0.2, 0) is 0 Å². The molecule has 61 heavy (non-hydrogen) atoms. The summed E-state index contributed by atoms with van der Waals surface area (Å²) in [5.74, 6) is 1.92. The van der Waals surface area contributed by atoms with Crippen LogP contribution in [-0.4, -0.2) is 15.0 Å². The SMILES string of the molecule is c1ccc(-c2nc(-c3ccc4ccccc4c3)nc(-c3ccc(-c4ccc5c6c(cccc46)-c4c(-c6ccccc6)cccc4N5c4ccccc4)c4ccccc34)n2)cc1. The third kappa shape index (κ3) is 5.80. The zero-order chi connectivity index (χ0) is 40.3. The quantitative estimate of drug-likeness (QED) is 0.169. The van der Waals surface area contributed by atoms with Crippen molar-refractivity contribution in [1.82, 2.24) is 15.0 Å². The molecule has 0 radical (unpaired) electrons. The first-order chi connectivity index (χ1) is 30.3. The summed E-state index contributed by atoms with van der Waals surface area (Å²) < 4.78 is 0. The van der Waals surface area contributed by atoms with Gasteiger partial charge in [0.15, 0.2) is 17.5 Å². The first-order valence-electron chi connectivity index (χ1n) is 20.7. The molecule has 0 unspecified atom stereocenters. The second-order valence-electron chi connectivity index (χ2n) is 15.5. The maximum Gasteiger partial charge on any atom is 0.164 e. The van der Waals surface area contributed by atoms with E-state index in [9.17, 15) is 0 Å². The molecule has 0 saturated heterocycles. The Labute approximate surface area is 353 Å². The van der Waals surface area contributed by atoms with Crippen LogP contribution in [0.15, 0.2) is 218 Å². The maximum absolute atomic E-state index is 5.21. The number of aromatic nitrogens is 3. The van der Waals surface area contributed by atoms with Gasteiger partial charge in [0.25, 0.3) is 0 Å². The smallest absolute Gasteiger partial charge is 0.164 e. The zero-order valence-electron chi connectivity index (χ0n) is 33.1. The number of nitrogens with zero attached hydrogens (tertiary/aromatic N) is 4. The Morgan fingerprint density at radius 3 is 1.64 bits per heavy atom. The van der Waals surface area contributed by atoms with Gasteiger partial charge in [-0.1, -0.05) is 182 Å². The van der Waals surface area contributed by atoms with E-state index in [-0.39, 0.29) is 0 Å². The van der Waals surface area contributed by atoms with Crippen molar-refractivity contribution in [1.29, 1.82) is 0 Å². The molecule has 12 rings (SSSR count). The van der Waals surface area contributed by atoms with Crippen LogP contribution in [0.1, 0.15) is 0 Å². The minimum atomic E-state index is 0.639. The van der Waals surface area contributed by atoms with Crippen molar-refractivity contribution in [3.63, 3.8) is 0 Å². The van der Waals surface area contributed by atoms with Gasteiger partial charge < -0.3 is 4.90 Å². The normalized spacial score (nSPS) is 11.9. The fourth-order valence-corrected chi connectivity index (χ4v) is 9.27. The Morgan fingerprint density at radius 1 is 0.295 bits per heavy atom. The molecule has 284 valence electrons. The van der Waals surface area contributed by atoms with Crippen molar-refractivity contribution in [2.45, 2.75) is 0 Å². The second kappa shape index (κ2) is 14.3. The molecule has 0 aliphatic carbocycles. The van der Waals surface area contributed by atoms with Crippen LogP contribution in [0, 0.1) is 0 Å². The van der Waals surface area contributed by atoms with Gasteiger partial charge in [-0.3, -0.25) is 0 Å². The fourth-order valence-electron chi connectivity index (χ4n) is 9.27. The Balaban J connectivity index is 1.07. The number of hydrogen-bond donors (Lipinski definition) is 0. The summed E-state index contributed by atoms with van der Waals surface area (Å²) in [6, 6.07) is 77.7. The molecular weight excluding hydrogens is 741 g/mol. The van der Waals surface area contributed by atoms with Crippen LogP contribution in [0.4, 0.5) is 17.1 Å².